The van der Waals surface area contributed by atoms with Gasteiger partial charge in [-0.05, 0) is 50.8 Å². The van der Waals surface area contributed by atoms with E-state index in [1.54, 1.807) is 12.1 Å². The third-order valence-electron chi connectivity index (χ3n) is 4.25. The first-order valence-electron chi connectivity index (χ1n) is 8.52. The van der Waals surface area contributed by atoms with Crippen LogP contribution in [0.4, 0.5) is 10.5 Å². The lowest BCUT2D eigenvalue weighted by Crippen LogP contribution is -2.34. The molecule has 1 fully saturated rings. The van der Waals surface area contributed by atoms with E-state index < -0.39 is 11.9 Å². The molecule has 0 aromatic heterocycles. The molecule has 0 saturated heterocycles. The molecule has 0 spiro atoms. The molecule has 136 valence electrons. The summed E-state index contributed by atoms with van der Waals surface area (Å²) in [6.45, 7) is 4.15. The van der Waals surface area contributed by atoms with Crippen molar-refractivity contribution in [3.63, 3.8) is 0 Å². The summed E-state index contributed by atoms with van der Waals surface area (Å²) in [5.41, 5.74) is 1.59. The van der Waals surface area contributed by atoms with Crippen LogP contribution in [0, 0.1) is 11.8 Å². The van der Waals surface area contributed by atoms with Gasteiger partial charge in [0.1, 0.15) is 0 Å². The Labute approximate surface area is 147 Å². The number of rotatable bonds is 6. The largest absolute Gasteiger partial charge is 0.481 e. The van der Waals surface area contributed by atoms with Crippen LogP contribution in [0.1, 0.15) is 38.7 Å². The van der Waals surface area contributed by atoms with Crippen LogP contribution in [0.5, 0.6) is 0 Å². The highest BCUT2D eigenvalue weighted by Gasteiger charge is 2.33. The van der Waals surface area contributed by atoms with Gasteiger partial charge in [0.25, 0.3) is 0 Å². The van der Waals surface area contributed by atoms with Crippen molar-refractivity contribution in [2.45, 2.75) is 45.7 Å². The Morgan fingerprint density at radius 2 is 1.76 bits per heavy atom. The highest BCUT2D eigenvalue weighted by Crippen LogP contribution is 2.31. The Balaban J connectivity index is 1.78. The fraction of sp³-hybridized carbons (Fsp3) is 0.500. The Kier molecular flexibility index (Phi) is 6.38. The molecule has 1 aliphatic carbocycles. The fourth-order valence-electron chi connectivity index (χ4n) is 2.91. The number of anilines is 1. The van der Waals surface area contributed by atoms with E-state index in [0.717, 1.165) is 5.56 Å². The number of amides is 3. The van der Waals surface area contributed by atoms with E-state index in [1.807, 2.05) is 26.0 Å². The van der Waals surface area contributed by atoms with E-state index in [4.69, 9.17) is 5.11 Å². The zero-order valence-electron chi connectivity index (χ0n) is 14.5. The van der Waals surface area contributed by atoms with Gasteiger partial charge in [0.05, 0.1) is 5.92 Å². The van der Waals surface area contributed by atoms with Gasteiger partial charge < -0.3 is 21.1 Å². The topological polar surface area (TPSA) is 108 Å². The molecule has 7 nitrogen and oxygen atoms in total. The fourth-order valence-corrected chi connectivity index (χ4v) is 2.91. The van der Waals surface area contributed by atoms with Gasteiger partial charge in [0.15, 0.2) is 0 Å². The highest BCUT2D eigenvalue weighted by molar-refractivity contribution is 5.89. The van der Waals surface area contributed by atoms with E-state index in [-0.39, 0.29) is 23.9 Å². The maximum absolute atomic E-state index is 12.1. The van der Waals surface area contributed by atoms with E-state index in [9.17, 15) is 14.4 Å². The van der Waals surface area contributed by atoms with Crippen LogP contribution in [-0.4, -0.2) is 29.1 Å². The SMILES string of the molecule is CC(C)NC(=O)Nc1ccc(CNC(=O)[C@@H]2CC[C@H](C(=O)O)C2)cc1. The van der Waals surface area contributed by atoms with Gasteiger partial charge in [0, 0.05) is 24.2 Å². The van der Waals surface area contributed by atoms with Gasteiger partial charge in [-0.2, -0.15) is 0 Å². The summed E-state index contributed by atoms with van der Waals surface area (Å²) in [5, 5.41) is 17.3. The lowest BCUT2D eigenvalue weighted by molar-refractivity contribution is -0.141. The molecular weight excluding hydrogens is 322 g/mol. The summed E-state index contributed by atoms with van der Waals surface area (Å²) in [4.78, 5) is 34.7. The van der Waals surface area contributed by atoms with Crippen LogP contribution in [0.25, 0.3) is 0 Å². The molecular formula is C18H25N3O4. The summed E-state index contributed by atoms with van der Waals surface area (Å²) in [7, 11) is 0. The normalized spacial score (nSPS) is 19.5. The van der Waals surface area contributed by atoms with Gasteiger partial charge in [-0.15, -0.1) is 0 Å². The number of carbonyl (C=O) groups is 3. The van der Waals surface area contributed by atoms with Gasteiger partial charge >= 0.3 is 12.0 Å². The molecule has 25 heavy (non-hydrogen) atoms. The molecule has 7 heteroatoms. The molecule has 0 aliphatic heterocycles. The summed E-state index contributed by atoms with van der Waals surface area (Å²) in [6.07, 6.45) is 1.60. The minimum atomic E-state index is -0.820. The smallest absolute Gasteiger partial charge is 0.319 e. The summed E-state index contributed by atoms with van der Waals surface area (Å²) in [6, 6.07) is 7.02. The number of aliphatic carboxylic acids is 1. The van der Waals surface area contributed by atoms with E-state index in [2.05, 4.69) is 16.0 Å². The first-order valence-corrected chi connectivity index (χ1v) is 8.52. The Bertz CT molecular complexity index is 628. The average Bonchev–Trinajstić information content (AvgIpc) is 3.03. The van der Waals surface area contributed by atoms with Crippen molar-refractivity contribution < 1.29 is 19.5 Å². The number of nitrogens with one attached hydrogen (secondary N) is 3. The van der Waals surface area contributed by atoms with Crippen molar-refractivity contribution in [1.29, 1.82) is 0 Å². The Morgan fingerprint density at radius 3 is 2.32 bits per heavy atom. The van der Waals surface area contributed by atoms with E-state index in [0.29, 0.717) is 31.5 Å². The zero-order valence-corrected chi connectivity index (χ0v) is 14.5. The number of carboxylic acid groups (broad SMARTS) is 1. The first kappa shape index (κ1) is 18.8. The van der Waals surface area contributed by atoms with Gasteiger partial charge in [0.2, 0.25) is 5.91 Å². The molecule has 0 heterocycles. The number of benzene rings is 1. The molecule has 0 bridgehead atoms. The number of hydrogen-bond donors (Lipinski definition) is 4. The Morgan fingerprint density at radius 1 is 1.12 bits per heavy atom. The van der Waals surface area contributed by atoms with Gasteiger partial charge in [-0.1, -0.05) is 12.1 Å². The molecule has 0 radical (unpaired) electrons. The van der Waals surface area contributed by atoms with Crippen molar-refractivity contribution in [2.24, 2.45) is 11.8 Å². The highest BCUT2D eigenvalue weighted by atomic mass is 16.4. The van der Waals surface area contributed by atoms with Crippen LogP contribution < -0.4 is 16.0 Å². The van der Waals surface area contributed by atoms with Crippen molar-refractivity contribution in [1.82, 2.24) is 10.6 Å². The lowest BCUT2D eigenvalue weighted by atomic mass is 10.0. The van der Waals surface area contributed by atoms with Crippen LogP contribution in [0.15, 0.2) is 24.3 Å². The van der Waals surface area contributed by atoms with E-state index in [1.165, 1.54) is 0 Å². The second-order valence-electron chi connectivity index (χ2n) is 6.71. The molecule has 2 rings (SSSR count). The Hall–Kier alpha value is -2.57. The predicted octanol–water partition coefficient (Wildman–Crippen LogP) is 2.33. The lowest BCUT2D eigenvalue weighted by Gasteiger charge is -2.12. The van der Waals surface area contributed by atoms with Crippen LogP contribution in [-0.2, 0) is 16.1 Å². The molecule has 1 saturated carbocycles. The minimum Gasteiger partial charge on any atom is -0.481 e. The molecule has 4 N–H and O–H groups in total. The third-order valence-corrected chi connectivity index (χ3v) is 4.25. The van der Waals surface area contributed by atoms with Crippen LogP contribution in [0.3, 0.4) is 0 Å². The molecule has 0 unspecified atom stereocenters. The summed E-state index contributed by atoms with van der Waals surface area (Å²) in [5.74, 6) is -1.54. The second-order valence-corrected chi connectivity index (χ2v) is 6.71. The van der Waals surface area contributed by atoms with Crippen LogP contribution in [0.2, 0.25) is 0 Å². The van der Waals surface area contributed by atoms with Gasteiger partial charge in [-0.3, -0.25) is 9.59 Å². The maximum atomic E-state index is 12.1. The quantitative estimate of drug-likeness (QED) is 0.633. The average molecular weight is 347 g/mol. The molecule has 1 aromatic rings. The molecule has 2 atom stereocenters. The number of carbonyl (C=O) groups excluding carboxylic acids is 2. The number of carboxylic acids is 1. The monoisotopic (exact) mass is 347 g/mol. The number of urea groups is 1. The van der Waals surface area contributed by atoms with Crippen molar-refractivity contribution in [3.05, 3.63) is 29.8 Å². The zero-order chi connectivity index (χ0) is 18.4. The van der Waals surface area contributed by atoms with Crippen molar-refractivity contribution >= 4 is 23.6 Å². The van der Waals surface area contributed by atoms with Crippen molar-refractivity contribution in [2.75, 3.05) is 5.32 Å². The summed E-state index contributed by atoms with van der Waals surface area (Å²) < 4.78 is 0. The van der Waals surface area contributed by atoms with Crippen molar-refractivity contribution in [3.8, 4) is 0 Å². The predicted molar refractivity (Wildman–Crippen MR) is 94.0 cm³/mol. The first-order chi connectivity index (χ1) is 11.8. The van der Waals surface area contributed by atoms with Gasteiger partial charge in [-0.25, -0.2) is 4.79 Å². The third kappa shape index (κ3) is 5.77. The standard InChI is InChI=1S/C18H25N3O4/c1-11(2)20-18(25)21-15-7-3-12(4-8-15)10-19-16(22)13-5-6-14(9-13)17(23)24/h3-4,7-8,11,13-14H,5-6,9-10H2,1-2H3,(H,19,22)(H,23,24)(H2,20,21,25)/t13-,14+/m1/s1. The minimum absolute atomic E-state index is 0.0609. The summed E-state index contributed by atoms with van der Waals surface area (Å²) >= 11 is 0. The number of hydrogen-bond acceptors (Lipinski definition) is 3. The molecule has 3 amide bonds. The molecule has 1 aromatic carbocycles. The van der Waals surface area contributed by atoms with Crippen LogP contribution >= 0.6 is 0 Å². The maximum Gasteiger partial charge on any atom is 0.319 e. The molecule has 1 aliphatic rings. The van der Waals surface area contributed by atoms with E-state index >= 15 is 0 Å². The second kappa shape index (κ2) is 8.50.